The first-order chi connectivity index (χ1) is 19.4. The summed E-state index contributed by atoms with van der Waals surface area (Å²) in [5.41, 5.74) is 1.97. The van der Waals surface area contributed by atoms with Crippen LogP contribution in [0.1, 0.15) is 37.7 Å². The highest BCUT2D eigenvalue weighted by molar-refractivity contribution is 7.97. The number of carbonyl (C=O) groups excluding carboxylic acids is 1. The third-order valence-corrected chi connectivity index (χ3v) is 11.7. The molecule has 2 heterocycles. The number of aryl methyl sites for hydroxylation is 1. The second kappa shape index (κ2) is 13.9. The zero-order chi connectivity index (χ0) is 29.6. The molecule has 0 spiro atoms. The van der Waals surface area contributed by atoms with Gasteiger partial charge >= 0.3 is 5.97 Å². The van der Waals surface area contributed by atoms with E-state index in [2.05, 4.69) is 26.9 Å². The Bertz CT molecular complexity index is 1410. The fourth-order valence-electron chi connectivity index (χ4n) is 4.85. The van der Waals surface area contributed by atoms with E-state index in [0.29, 0.717) is 17.7 Å². The Kier molecular flexibility index (Phi) is 10.8. The summed E-state index contributed by atoms with van der Waals surface area (Å²) in [6.45, 7) is 0.268. The normalized spacial score (nSPS) is 20.2. The maximum absolute atomic E-state index is 13.0. The monoisotopic (exact) mass is 644 g/mol. The molecule has 0 aromatic heterocycles. The molecule has 1 fully saturated rings. The Balaban J connectivity index is 1.24. The van der Waals surface area contributed by atoms with Crippen LogP contribution in [0.25, 0.3) is 0 Å². The first-order valence-electron chi connectivity index (χ1n) is 13.3. The van der Waals surface area contributed by atoms with E-state index >= 15 is 0 Å². The van der Waals surface area contributed by atoms with Crippen LogP contribution in [-0.2, 0) is 30.6 Å². The highest BCUT2D eigenvalue weighted by atomic mass is 35.5. The molecule has 4 rings (SSSR count). The molecule has 2 aliphatic rings. The van der Waals surface area contributed by atoms with Crippen LogP contribution in [0.2, 0.25) is 5.02 Å². The van der Waals surface area contributed by atoms with Gasteiger partial charge in [0.15, 0.2) is 0 Å². The van der Waals surface area contributed by atoms with Gasteiger partial charge in [0.2, 0.25) is 23.3 Å². The van der Waals surface area contributed by atoms with Crippen molar-refractivity contribution in [3.8, 4) is 0 Å². The number of halogens is 1. The number of aliphatic carboxylic acids is 1. The van der Waals surface area contributed by atoms with Gasteiger partial charge in [0.05, 0.1) is 16.9 Å². The maximum atomic E-state index is 13.0. The molecule has 0 radical (unpaired) electrons. The van der Waals surface area contributed by atoms with E-state index in [0.717, 1.165) is 23.4 Å². The second-order valence-corrected chi connectivity index (χ2v) is 15.6. The van der Waals surface area contributed by atoms with Gasteiger partial charge in [0.1, 0.15) is 17.1 Å². The van der Waals surface area contributed by atoms with Crippen molar-refractivity contribution < 1.29 is 32.6 Å². The molecule has 1 saturated heterocycles. The summed E-state index contributed by atoms with van der Waals surface area (Å²) in [7, 11) is -7.79. The minimum atomic E-state index is -3.94. The number of nitrogens with one attached hydrogen (secondary N) is 3. The minimum absolute atomic E-state index is 0.0160. The molecule has 11 nitrogen and oxygen atoms in total. The summed E-state index contributed by atoms with van der Waals surface area (Å²) < 4.78 is 44.2. The van der Waals surface area contributed by atoms with Gasteiger partial charge in [-0.2, -0.15) is 0 Å². The van der Waals surface area contributed by atoms with Crippen LogP contribution in [0.15, 0.2) is 52.3 Å². The molecule has 3 atom stereocenters. The zero-order valence-corrected chi connectivity index (χ0v) is 25.6. The van der Waals surface area contributed by atoms with Gasteiger partial charge in [-0.05, 0) is 68.2 Å². The molecule has 224 valence electrons. The van der Waals surface area contributed by atoms with Crippen molar-refractivity contribution in [2.75, 3.05) is 30.7 Å². The first kappa shape index (κ1) is 31.8. The number of likely N-dealkylation sites (tertiary alicyclic amines) is 1. The van der Waals surface area contributed by atoms with Gasteiger partial charge in [0.25, 0.3) is 0 Å². The number of nitrogens with zero attached hydrogens (tertiary/aromatic N) is 1. The van der Waals surface area contributed by atoms with Crippen LogP contribution in [-0.4, -0.2) is 72.8 Å². The van der Waals surface area contributed by atoms with Crippen LogP contribution in [0.3, 0.4) is 0 Å². The van der Waals surface area contributed by atoms with Gasteiger partial charge in [-0.25, -0.2) is 22.7 Å². The Morgan fingerprint density at radius 3 is 2.68 bits per heavy atom. The molecule has 15 heteroatoms. The summed E-state index contributed by atoms with van der Waals surface area (Å²) in [6, 6.07) is 12.3. The fraction of sp³-hybridized carbons (Fsp3) is 0.462. The van der Waals surface area contributed by atoms with Crippen molar-refractivity contribution in [2.24, 2.45) is 0 Å². The van der Waals surface area contributed by atoms with E-state index < -0.39 is 41.5 Å². The molecule has 5 N–H and O–H groups in total. The van der Waals surface area contributed by atoms with Gasteiger partial charge in [-0.3, -0.25) is 9.36 Å². The van der Waals surface area contributed by atoms with Gasteiger partial charge < -0.3 is 20.2 Å². The Hall–Kier alpha value is -2.12. The van der Waals surface area contributed by atoms with Crippen molar-refractivity contribution in [2.45, 2.75) is 60.5 Å². The summed E-state index contributed by atoms with van der Waals surface area (Å²) in [6.07, 6.45) is 2.21. The van der Waals surface area contributed by atoms with Crippen molar-refractivity contribution in [3.63, 3.8) is 0 Å². The van der Waals surface area contributed by atoms with Crippen molar-refractivity contribution >= 4 is 58.5 Å². The number of hydrogen-bond acceptors (Lipinski definition) is 8. The lowest BCUT2D eigenvalue weighted by atomic mass is 10.1. The topological polar surface area (TPSA) is 165 Å². The molecule has 2 aromatic rings. The summed E-state index contributed by atoms with van der Waals surface area (Å²) in [4.78, 5) is 35.7. The van der Waals surface area contributed by atoms with E-state index in [1.807, 2.05) is 18.2 Å². The maximum Gasteiger partial charge on any atom is 0.326 e. The van der Waals surface area contributed by atoms with E-state index in [4.69, 9.17) is 11.6 Å². The molecule has 41 heavy (non-hydrogen) atoms. The van der Waals surface area contributed by atoms with Crippen molar-refractivity contribution in [1.29, 1.82) is 0 Å². The lowest BCUT2D eigenvalue weighted by Crippen LogP contribution is -2.41. The number of amides is 1. The molecule has 0 saturated carbocycles. The summed E-state index contributed by atoms with van der Waals surface area (Å²) in [5.74, 6) is -1.77. The lowest BCUT2D eigenvalue weighted by Gasteiger charge is -2.28. The highest BCUT2D eigenvalue weighted by Gasteiger charge is 2.36. The smallest absolute Gasteiger partial charge is 0.326 e. The van der Waals surface area contributed by atoms with Crippen LogP contribution < -0.4 is 14.8 Å². The summed E-state index contributed by atoms with van der Waals surface area (Å²) in [5, 5.41) is 12.7. The zero-order valence-electron chi connectivity index (χ0n) is 22.3. The first-order valence-corrected chi connectivity index (χ1v) is 18.0. The van der Waals surface area contributed by atoms with E-state index in [-0.39, 0.29) is 48.2 Å². The predicted molar refractivity (Wildman–Crippen MR) is 159 cm³/mol. The molecule has 0 aliphatic carbocycles. The number of benzene rings is 2. The van der Waals surface area contributed by atoms with Gasteiger partial charge in [-0.1, -0.05) is 41.9 Å². The second-order valence-electron chi connectivity index (χ2n) is 10.1. The van der Waals surface area contributed by atoms with Gasteiger partial charge in [0, 0.05) is 24.1 Å². The number of carboxylic acid groups (broad SMARTS) is 1. The Morgan fingerprint density at radius 2 is 1.95 bits per heavy atom. The third-order valence-electron chi connectivity index (χ3n) is 7.00. The summed E-state index contributed by atoms with van der Waals surface area (Å²) >= 11 is 7.70. The van der Waals surface area contributed by atoms with E-state index in [1.54, 1.807) is 6.07 Å². The number of sulfonamides is 1. The fourth-order valence-corrected chi connectivity index (χ4v) is 8.88. The standard InChI is InChI=1S/C26H34ClN4O7PS2/c27-19-15-20-22(40-30-24(29-20)11-10-18-7-2-1-3-8-18)16-23(19)41(37,38)28-12-4-5-14-39(35,36)17-25(32)31-13-6-9-21(31)26(33)34/h1-3,7-8,15-16,21,24,28-30H,4-6,9-14,17H2,(H,33,34)(H,35,36)/t21-,24?/m0/s1. The molecule has 1 amide bonds. The molecule has 2 unspecified atom stereocenters. The van der Waals surface area contributed by atoms with Crippen LogP contribution in [0.4, 0.5) is 5.69 Å². The van der Waals surface area contributed by atoms with E-state index in [1.165, 1.54) is 23.6 Å². The molecule has 0 bridgehead atoms. The van der Waals surface area contributed by atoms with E-state index in [9.17, 15) is 32.6 Å². The number of carbonyl (C=O) groups is 2. The molecule has 2 aromatic carbocycles. The third kappa shape index (κ3) is 8.70. The largest absolute Gasteiger partial charge is 0.480 e. The van der Waals surface area contributed by atoms with Crippen LogP contribution in [0, 0.1) is 0 Å². The number of carboxylic acids is 1. The number of fused-ring (bicyclic) bond motifs is 1. The van der Waals surface area contributed by atoms with Crippen LogP contribution >= 0.6 is 30.9 Å². The SMILES string of the molecule is O=C(O)[C@@H]1CCCN1C(=O)CP(=O)(O)CCCCNS(=O)(=O)c1cc2c(cc1Cl)NC(CCc1ccccc1)NS2. The van der Waals surface area contributed by atoms with Crippen molar-refractivity contribution in [3.05, 3.63) is 53.1 Å². The molecular formula is C26H34ClN4O7PS2. The minimum Gasteiger partial charge on any atom is -0.480 e. The number of hydrogen-bond donors (Lipinski definition) is 5. The Labute approximate surface area is 249 Å². The predicted octanol–water partition coefficient (Wildman–Crippen LogP) is 3.73. The average Bonchev–Trinajstić information content (AvgIpc) is 3.42. The average molecular weight is 645 g/mol. The Morgan fingerprint density at radius 1 is 1.20 bits per heavy atom. The highest BCUT2D eigenvalue weighted by Crippen LogP contribution is 2.42. The molecule has 2 aliphatic heterocycles. The van der Waals surface area contributed by atoms with Crippen molar-refractivity contribution in [1.82, 2.24) is 14.3 Å². The number of unbranched alkanes of at least 4 members (excludes halogenated alkanes) is 1. The quantitative estimate of drug-likeness (QED) is 0.123. The number of rotatable bonds is 13. The number of anilines is 1. The lowest BCUT2D eigenvalue weighted by molar-refractivity contribution is -0.147. The molecular weight excluding hydrogens is 611 g/mol. The van der Waals surface area contributed by atoms with Crippen LogP contribution in [0.5, 0.6) is 0 Å². The van der Waals surface area contributed by atoms with Gasteiger partial charge in [-0.15, -0.1) is 0 Å².